The fourth-order valence-electron chi connectivity index (χ4n) is 1.20. The van der Waals surface area contributed by atoms with Crippen LogP contribution in [0.2, 0.25) is 0 Å². The topological polar surface area (TPSA) is 52.2 Å². The van der Waals surface area contributed by atoms with Crippen LogP contribution in [0.3, 0.4) is 0 Å². The first-order valence-electron chi connectivity index (χ1n) is 5.06. The maximum atomic E-state index is 10.4. The van der Waals surface area contributed by atoms with Gasteiger partial charge in [0, 0.05) is 6.54 Å². The summed E-state index contributed by atoms with van der Waals surface area (Å²) in [5.41, 5.74) is 0. The van der Waals surface area contributed by atoms with E-state index < -0.39 is 5.97 Å². The zero-order valence-corrected chi connectivity index (χ0v) is 9.67. The van der Waals surface area contributed by atoms with Gasteiger partial charge in [0.2, 0.25) is 0 Å². The number of hydrogen-bond donors (Lipinski definition) is 1. The van der Waals surface area contributed by atoms with Crippen LogP contribution in [0.15, 0.2) is 0 Å². The van der Waals surface area contributed by atoms with Crippen LogP contribution >= 0.6 is 0 Å². The average Bonchev–Trinajstić information content (AvgIpc) is 1.95. The van der Waals surface area contributed by atoms with Gasteiger partial charge in [-0.15, -0.1) is 0 Å². The molecule has 0 bridgehead atoms. The van der Waals surface area contributed by atoms with E-state index in [1.54, 1.807) is 0 Å². The van der Waals surface area contributed by atoms with Crippen LogP contribution in [-0.2, 0) is 4.79 Å². The van der Waals surface area contributed by atoms with Gasteiger partial charge in [-0.3, -0.25) is 0 Å². The van der Waals surface area contributed by atoms with Crippen LogP contribution in [-0.4, -0.2) is 50.7 Å². The third-order valence-electron chi connectivity index (χ3n) is 2.00. The molecule has 4 nitrogen and oxygen atoms in total. The monoisotopic (exact) mass is 202 g/mol. The van der Waals surface area contributed by atoms with Crippen molar-refractivity contribution in [3.05, 3.63) is 0 Å². The number of rotatable bonds is 7. The molecule has 0 aromatic heterocycles. The molecule has 14 heavy (non-hydrogen) atoms. The number of carbonyl (C=O) groups excluding carboxylic acids is 1. The molecule has 84 valence electrons. The van der Waals surface area contributed by atoms with Gasteiger partial charge < -0.3 is 19.7 Å². The van der Waals surface area contributed by atoms with Crippen molar-refractivity contribution in [1.82, 2.24) is 5.32 Å². The molecule has 4 heteroatoms. The first-order chi connectivity index (χ1) is 6.33. The van der Waals surface area contributed by atoms with Gasteiger partial charge in [-0.25, -0.2) is 0 Å². The summed E-state index contributed by atoms with van der Waals surface area (Å²) >= 11 is 0. The number of aliphatic carboxylic acids is 1. The molecule has 0 spiro atoms. The van der Waals surface area contributed by atoms with E-state index in [1.807, 2.05) is 14.1 Å². The van der Waals surface area contributed by atoms with Crippen molar-refractivity contribution in [1.29, 1.82) is 0 Å². The predicted octanol–water partition coefficient (Wildman–Crippen LogP) is -0.942. The summed E-state index contributed by atoms with van der Waals surface area (Å²) in [6.45, 7) is 7.00. The second kappa shape index (κ2) is 5.98. The molecule has 0 saturated carbocycles. The summed E-state index contributed by atoms with van der Waals surface area (Å²) in [6.07, 6.45) is 0. The molecule has 0 rings (SSSR count). The van der Waals surface area contributed by atoms with E-state index >= 15 is 0 Å². The lowest BCUT2D eigenvalue weighted by atomic mass is 10.2. The molecular weight excluding hydrogens is 180 g/mol. The highest BCUT2D eigenvalue weighted by molar-refractivity contribution is 5.65. The molecular formula is C10H22N2O2. The maximum Gasteiger partial charge on any atom is 0.119 e. The zero-order valence-electron chi connectivity index (χ0n) is 9.67. The van der Waals surface area contributed by atoms with E-state index in [4.69, 9.17) is 0 Å². The Labute approximate surface area is 86.5 Å². The lowest BCUT2D eigenvalue weighted by Crippen LogP contribution is -2.51. The van der Waals surface area contributed by atoms with Crippen molar-refractivity contribution in [2.75, 3.05) is 40.3 Å². The highest BCUT2D eigenvalue weighted by Gasteiger charge is 2.14. The quantitative estimate of drug-likeness (QED) is 0.428. The molecule has 0 radical (unpaired) electrons. The van der Waals surface area contributed by atoms with Crippen molar-refractivity contribution in [3.8, 4) is 0 Å². The summed E-state index contributed by atoms with van der Waals surface area (Å²) in [6, 6.07) is 0. The number of hydrogen-bond acceptors (Lipinski definition) is 3. The third-order valence-corrected chi connectivity index (χ3v) is 2.00. The molecule has 0 aliphatic rings. The lowest BCUT2D eigenvalue weighted by molar-refractivity contribution is -0.883. The van der Waals surface area contributed by atoms with Crippen molar-refractivity contribution in [2.45, 2.75) is 13.8 Å². The first-order valence-corrected chi connectivity index (χ1v) is 5.06. The van der Waals surface area contributed by atoms with Crippen molar-refractivity contribution >= 4 is 5.97 Å². The van der Waals surface area contributed by atoms with Crippen LogP contribution in [0.5, 0.6) is 0 Å². The number of carboxylic acid groups (broad SMARTS) is 1. The Bertz CT molecular complexity index is 179. The Kier molecular flexibility index (Phi) is 5.72. The molecule has 0 fully saturated rings. The van der Waals surface area contributed by atoms with E-state index in [0.29, 0.717) is 10.4 Å². The Hall–Kier alpha value is -0.610. The summed E-state index contributed by atoms with van der Waals surface area (Å²) in [4.78, 5) is 10.4. The van der Waals surface area contributed by atoms with Crippen LogP contribution in [0.1, 0.15) is 13.8 Å². The Morgan fingerprint density at radius 1 is 1.43 bits per heavy atom. The molecule has 0 amide bonds. The molecule has 0 atom stereocenters. The van der Waals surface area contributed by atoms with Gasteiger partial charge in [-0.2, -0.15) is 0 Å². The second-order valence-corrected chi connectivity index (χ2v) is 4.79. The van der Waals surface area contributed by atoms with Crippen LogP contribution < -0.4 is 10.4 Å². The first kappa shape index (κ1) is 13.4. The summed E-state index contributed by atoms with van der Waals surface area (Å²) < 4.78 is 0.466. The smallest absolute Gasteiger partial charge is 0.119 e. The maximum absolute atomic E-state index is 10.4. The van der Waals surface area contributed by atoms with Crippen molar-refractivity contribution < 1.29 is 14.4 Å². The molecule has 0 heterocycles. The Morgan fingerprint density at radius 3 is 2.43 bits per heavy atom. The minimum absolute atomic E-state index is 0.0728. The van der Waals surface area contributed by atoms with Gasteiger partial charge in [-0.1, -0.05) is 13.8 Å². The average molecular weight is 202 g/mol. The van der Waals surface area contributed by atoms with Crippen LogP contribution in [0, 0.1) is 5.92 Å². The molecule has 1 N–H and O–H groups in total. The van der Waals surface area contributed by atoms with Gasteiger partial charge in [-0.05, 0) is 12.5 Å². The normalized spacial score (nSPS) is 12.1. The number of nitrogens with zero attached hydrogens (tertiary/aromatic N) is 1. The second-order valence-electron chi connectivity index (χ2n) is 4.79. The minimum Gasteiger partial charge on any atom is -0.544 e. The van der Waals surface area contributed by atoms with Crippen molar-refractivity contribution in [2.24, 2.45) is 5.92 Å². The zero-order chi connectivity index (χ0) is 11.2. The molecule has 0 aliphatic carbocycles. The summed E-state index contributed by atoms with van der Waals surface area (Å²) in [7, 11) is 3.79. The third kappa shape index (κ3) is 8.01. The summed E-state index contributed by atoms with van der Waals surface area (Å²) in [5, 5.41) is 13.7. The SMILES string of the molecule is CC(C)CNCC[N+](C)(C)CC(=O)[O-]. The largest absolute Gasteiger partial charge is 0.544 e. The van der Waals surface area contributed by atoms with E-state index in [-0.39, 0.29) is 6.54 Å². The highest BCUT2D eigenvalue weighted by atomic mass is 16.4. The number of quaternary nitrogens is 1. The van der Waals surface area contributed by atoms with Gasteiger partial charge >= 0.3 is 0 Å². The number of likely N-dealkylation sites (N-methyl/N-ethyl adjacent to an activating group) is 1. The minimum atomic E-state index is -0.987. The van der Waals surface area contributed by atoms with Gasteiger partial charge in [0.1, 0.15) is 6.54 Å². The number of carbonyl (C=O) groups is 1. The molecule has 0 aromatic carbocycles. The van der Waals surface area contributed by atoms with Gasteiger partial charge in [0.05, 0.1) is 26.6 Å². The molecule has 0 aliphatic heterocycles. The Balaban J connectivity index is 3.60. The highest BCUT2D eigenvalue weighted by Crippen LogP contribution is 1.94. The van der Waals surface area contributed by atoms with Gasteiger partial charge in [0.15, 0.2) is 0 Å². The summed E-state index contributed by atoms with van der Waals surface area (Å²) in [5.74, 6) is -0.356. The van der Waals surface area contributed by atoms with Crippen LogP contribution in [0.25, 0.3) is 0 Å². The standard InChI is InChI=1S/C10H22N2O2/c1-9(2)7-11-5-6-12(3,4)8-10(13)14/h9,11H,5-8H2,1-4H3. The molecule has 0 aromatic rings. The number of nitrogens with one attached hydrogen (secondary N) is 1. The van der Waals surface area contributed by atoms with E-state index in [0.717, 1.165) is 19.6 Å². The molecule has 0 unspecified atom stereocenters. The van der Waals surface area contributed by atoms with Crippen molar-refractivity contribution in [3.63, 3.8) is 0 Å². The van der Waals surface area contributed by atoms with E-state index in [9.17, 15) is 9.90 Å². The lowest BCUT2D eigenvalue weighted by Gasteiger charge is -2.30. The predicted molar refractivity (Wildman–Crippen MR) is 54.6 cm³/mol. The van der Waals surface area contributed by atoms with E-state index in [2.05, 4.69) is 19.2 Å². The number of carboxylic acids is 1. The van der Waals surface area contributed by atoms with Gasteiger partial charge in [0.25, 0.3) is 0 Å². The van der Waals surface area contributed by atoms with E-state index in [1.165, 1.54) is 0 Å². The fourth-order valence-corrected chi connectivity index (χ4v) is 1.20. The molecule has 0 saturated heterocycles. The Morgan fingerprint density at radius 2 is 2.00 bits per heavy atom. The van der Waals surface area contributed by atoms with Crippen LogP contribution in [0.4, 0.5) is 0 Å². The fraction of sp³-hybridized carbons (Fsp3) is 0.900.